The van der Waals surface area contributed by atoms with Gasteiger partial charge < -0.3 is 10.3 Å². The molecule has 0 bridgehead atoms. The Kier molecular flexibility index (Phi) is 6.51. The molecule has 1 fully saturated rings. The number of nitrogens with one attached hydrogen (secondary N) is 2. The summed E-state index contributed by atoms with van der Waals surface area (Å²) in [6, 6.07) is 13.9. The molecule has 5 rings (SSSR count). The summed E-state index contributed by atoms with van der Waals surface area (Å²) in [4.78, 5) is 6.04. The number of H-pyrrole nitrogens is 1. The van der Waals surface area contributed by atoms with Crippen LogP contribution in [0.25, 0.3) is 16.6 Å². The lowest BCUT2D eigenvalue weighted by atomic mass is 9.88. The van der Waals surface area contributed by atoms with Crippen LogP contribution in [0, 0.1) is 5.82 Å². The van der Waals surface area contributed by atoms with Crippen molar-refractivity contribution in [2.75, 3.05) is 26.2 Å². The van der Waals surface area contributed by atoms with E-state index in [1.54, 1.807) is 24.8 Å². The van der Waals surface area contributed by atoms with Crippen molar-refractivity contribution in [1.29, 1.82) is 0 Å². The van der Waals surface area contributed by atoms with Crippen molar-refractivity contribution in [2.24, 2.45) is 0 Å². The third-order valence-electron chi connectivity index (χ3n) is 7.01. The predicted molar refractivity (Wildman–Crippen MR) is 129 cm³/mol. The minimum atomic E-state index is -0.171. The zero-order valence-electron chi connectivity index (χ0n) is 19.0. The summed E-state index contributed by atoms with van der Waals surface area (Å²) in [5.74, 6) is 0.182. The van der Waals surface area contributed by atoms with Crippen molar-refractivity contribution in [1.82, 2.24) is 30.0 Å². The number of aromatic amines is 1. The minimum Gasteiger partial charge on any atom is -0.361 e. The van der Waals surface area contributed by atoms with Crippen LogP contribution in [0.2, 0.25) is 0 Å². The van der Waals surface area contributed by atoms with E-state index >= 15 is 0 Å². The molecule has 1 saturated heterocycles. The van der Waals surface area contributed by atoms with E-state index in [1.165, 1.54) is 16.5 Å². The summed E-state index contributed by atoms with van der Waals surface area (Å²) in [5.41, 5.74) is 4.77. The van der Waals surface area contributed by atoms with Gasteiger partial charge in [0.1, 0.15) is 18.5 Å². The molecule has 7 heteroatoms. The summed E-state index contributed by atoms with van der Waals surface area (Å²) < 4.78 is 15.4. The summed E-state index contributed by atoms with van der Waals surface area (Å²) in [6.45, 7) is 6.47. The Labute approximate surface area is 193 Å². The number of halogens is 1. The van der Waals surface area contributed by atoms with E-state index in [4.69, 9.17) is 0 Å². The molecule has 2 unspecified atom stereocenters. The zero-order chi connectivity index (χ0) is 22.6. The van der Waals surface area contributed by atoms with Crippen LogP contribution in [0.4, 0.5) is 4.39 Å². The van der Waals surface area contributed by atoms with E-state index in [9.17, 15) is 4.39 Å². The number of benzene rings is 2. The lowest BCUT2D eigenvalue weighted by molar-refractivity contribution is 0.144. The average Bonchev–Trinajstić information content (AvgIpc) is 3.53. The lowest BCUT2D eigenvalue weighted by Gasteiger charge is -2.38. The van der Waals surface area contributed by atoms with E-state index in [0.717, 1.165) is 56.6 Å². The SMILES string of the molecule is CC(c1ccc(F)cc1)C(CCCc1c[nH]c2ccc(-n3cnnc3)cc12)N1CCNCC1. The Hall–Kier alpha value is -3.03. The van der Waals surface area contributed by atoms with E-state index in [-0.39, 0.29) is 5.82 Å². The van der Waals surface area contributed by atoms with E-state index in [0.29, 0.717) is 12.0 Å². The molecule has 33 heavy (non-hydrogen) atoms. The normalized spacial score (nSPS) is 16.8. The van der Waals surface area contributed by atoms with Crippen molar-refractivity contribution in [2.45, 2.75) is 38.1 Å². The fraction of sp³-hybridized carbons (Fsp3) is 0.385. The number of rotatable bonds is 8. The number of aromatic nitrogens is 4. The topological polar surface area (TPSA) is 61.8 Å². The van der Waals surface area contributed by atoms with Crippen LogP contribution in [-0.4, -0.2) is 56.9 Å². The standard InChI is InChI=1S/C26H31FN6/c1-19(20-5-7-22(27)8-6-20)26(32-13-11-28-12-14-32)4-2-3-21-16-29-25-10-9-23(15-24(21)25)33-17-30-31-18-33/h5-10,15-19,26,28-29H,2-4,11-14H2,1H3. The summed E-state index contributed by atoms with van der Waals surface area (Å²) in [7, 11) is 0. The summed E-state index contributed by atoms with van der Waals surface area (Å²) in [6.07, 6.45) is 8.82. The van der Waals surface area contributed by atoms with Gasteiger partial charge in [-0.05, 0) is 66.6 Å². The quantitative estimate of drug-likeness (QED) is 0.424. The van der Waals surface area contributed by atoms with Gasteiger partial charge in [0.2, 0.25) is 0 Å². The molecule has 1 aliphatic rings. The van der Waals surface area contributed by atoms with Crippen molar-refractivity contribution < 1.29 is 4.39 Å². The maximum Gasteiger partial charge on any atom is 0.123 e. The molecule has 4 aromatic rings. The Morgan fingerprint density at radius 2 is 1.79 bits per heavy atom. The van der Waals surface area contributed by atoms with Gasteiger partial charge in [-0.25, -0.2) is 4.39 Å². The number of hydrogen-bond donors (Lipinski definition) is 2. The molecule has 172 valence electrons. The average molecular weight is 447 g/mol. The fourth-order valence-electron chi connectivity index (χ4n) is 5.12. The lowest BCUT2D eigenvalue weighted by Crippen LogP contribution is -2.50. The largest absolute Gasteiger partial charge is 0.361 e. The smallest absolute Gasteiger partial charge is 0.123 e. The monoisotopic (exact) mass is 446 g/mol. The molecule has 0 aliphatic carbocycles. The molecule has 2 atom stereocenters. The van der Waals surface area contributed by atoms with Crippen LogP contribution < -0.4 is 5.32 Å². The van der Waals surface area contributed by atoms with Crippen molar-refractivity contribution >= 4 is 10.9 Å². The first-order valence-electron chi connectivity index (χ1n) is 11.8. The number of piperazine rings is 1. The molecule has 0 saturated carbocycles. The van der Waals surface area contributed by atoms with Crippen LogP contribution in [0.15, 0.2) is 61.3 Å². The Balaban J connectivity index is 1.31. The third-order valence-corrected chi connectivity index (χ3v) is 7.01. The highest BCUT2D eigenvalue weighted by molar-refractivity contribution is 5.85. The molecular formula is C26H31FN6. The Morgan fingerprint density at radius 3 is 2.55 bits per heavy atom. The first-order valence-corrected chi connectivity index (χ1v) is 11.8. The van der Waals surface area contributed by atoms with E-state index < -0.39 is 0 Å². The van der Waals surface area contributed by atoms with Gasteiger partial charge in [-0.1, -0.05) is 19.1 Å². The molecule has 0 radical (unpaired) electrons. The number of nitrogens with zero attached hydrogens (tertiary/aromatic N) is 4. The van der Waals surface area contributed by atoms with Crippen LogP contribution in [-0.2, 0) is 6.42 Å². The molecule has 1 aliphatic heterocycles. The van der Waals surface area contributed by atoms with Gasteiger partial charge in [-0.15, -0.1) is 10.2 Å². The fourth-order valence-corrected chi connectivity index (χ4v) is 5.12. The van der Waals surface area contributed by atoms with E-state index in [2.05, 4.69) is 56.7 Å². The maximum absolute atomic E-state index is 13.5. The number of aryl methyl sites for hydroxylation is 1. The highest BCUT2D eigenvalue weighted by atomic mass is 19.1. The zero-order valence-corrected chi connectivity index (χ0v) is 19.0. The van der Waals surface area contributed by atoms with Gasteiger partial charge in [0.05, 0.1) is 0 Å². The Bertz CT molecular complexity index is 1160. The molecule has 2 N–H and O–H groups in total. The van der Waals surface area contributed by atoms with Crippen molar-refractivity contribution in [3.05, 3.63) is 78.3 Å². The molecule has 3 heterocycles. The minimum absolute atomic E-state index is 0.171. The second-order valence-electron chi connectivity index (χ2n) is 9.00. The van der Waals surface area contributed by atoms with Gasteiger partial charge in [0, 0.05) is 55.0 Å². The molecular weight excluding hydrogens is 415 g/mol. The molecule has 2 aromatic carbocycles. The number of hydrogen-bond acceptors (Lipinski definition) is 4. The van der Waals surface area contributed by atoms with Crippen molar-refractivity contribution in [3.8, 4) is 5.69 Å². The Morgan fingerprint density at radius 1 is 1.03 bits per heavy atom. The van der Waals surface area contributed by atoms with Crippen molar-refractivity contribution in [3.63, 3.8) is 0 Å². The summed E-state index contributed by atoms with van der Waals surface area (Å²) in [5, 5.41) is 12.6. The third kappa shape index (κ3) is 4.84. The first kappa shape index (κ1) is 21.8. The highest BCUT2D eigenvalue weighted by Crippen LogP contribution is 2.29. The van der Waals surface area contributed by atoms with E-state index in [1.807, 2.05) is 16.7 Å². The van der Waals surface area contributed by atoms with Gasteiger partial charge in [0.25, 0.3) is 0 Å². The molecule has 2 aromatic heterocycles. The maximum atomic E-state index is 13.5. The molecule has 0 amide bonds. The van der Waals surface area contributed by atoms with Gasteiger partial charge >= 0.3 is 0 Å². The van der Waals surface area contributed by atoms with Gasteiger partial charge in [-0.2, -0.15) is 0 Å². The predicted octanol–water partition coefficient (Wildman–Crippen LogP) is 4.29. The first-order chi connectivity index (χ1) is 16.2. The van der Waals surface area contributed by atoms with Crippen LogP contribution >= 0.6 is 0 Å². The molecule has 0 spiro atoms. The number of fused-ring (bicyclic) bond motifs is 1. The van der Waals surface area contributed by atoms with Crippen LogP contribution in [0.1, 0.15) is 36.8 Å². The molecule has 6 nitrogen and oxygen atoms in total. The second-order valence-corrected chi connectivity index (χ2v) is 9.00. The summed E-state index contributed by atoms with van der Waals surface area (Å²) >= 11 is 0. The van der Waals surface area contributed by atoms with Crippen LogP contribution in [0.5, 0.6) is 0 Å². The van der Waals surface area contributed by atoms with Gasteiger partial charge in [0.15, 0.2) is 0 Å². The second kappa shape index (κ2) is 9.85. The van der Waals surface area contributed by atoms with Crippen LogP contribution in [0.3, 0.4) is 0 Å². The van der Waals surface area contributed by atoms with Gasteiger partial charge in [-0.3, -0.25) is 9.47 Å². The highest BCUT2D eigenvalue weighted by Gasteiger charge is 2.26.